The molecule has 0 aromatic rings. The predicted molar refractivity (Wildman–Crippen MR) is 66.4 cm³/mol. The van der Waals surface area contributed by atoms with Crippen LogP contribution in [-0.2, 0) is 0 Å². The highest BCUT2D eigenvalue weighted by Crippen LogP contribution is 2.08. The van der Waals surface area contributed by atoms with Crippen molar-refractivity contribution >= 4 is 8.56 Å². The smallest absolute Gasteiger partial charge is 0.281 e. The van der Waals surface area contributed by atoms with Gasteiger partial charge in [-0.2, -0.15) is 0 Å². The average Bonchev–Trinajstić information content (AvgIpc) is 2.03. The van der Waals surface area contributed by atoms with E-state index in [4.69, 9.17) is 0 Å². The van der Waals surface area contributed by atoms with Crippen LogP contribution >= 0.6 is 0 Å². The monoisotopic (exact) mass is 217 g/mol. The molecule has 4 heteroatoms. The molecular formula is C10H27N3Si. The first-order valence-electron chi connectivity index (χ1n) is 5.85. The summed E-state index contributed by atoms with van der Waals surface area (Å²) in [6.07, 6.45) is 0. The normalized spacial score (nSPS) is 12.4. The van der Waals surface area contributed by atoms with E-state index in [2.05, 4.69) is 49.6 Å². The largest absolute Gasteiger partial charge is 0.314 e. The van der Waals surface area contributed by atoms with E-state index in [0.717, 1.165) is 25.6 Å². The zero-order valence-electron chi connectivity index (χ0n) is 10.4. The van der Waals surface area contributed by atoms with Gasteiger partial charge >= 0.3 is 0 Å². The molecule has 3 N–H and O–H groups in total. The van der Waals surface area contributed by atoms with Gasteiger partial charge < -0.3 is 14.9 Å². The molecular weight excluding hydrogens is 190 g/mol. The van der Waals surface area contributed by atoms with Crippen molar-refractivity contribution in [2.75, 3.05) is 19.6 Å². The molecule has 0 fully saturated rings. The van der Waals surface area contributed by atoms with Crippen LogP contribution in [0.5, 0.6) is 0 Å². The van der Waals surface area contributed by atoms with Crippen molar-refractivity contribution in [1.29, 1.82) is 0 Å². The standard InChI is InChI=1S/C10H27N3Si/c1-6-11-14(12-7-2,13-8-3)9-10(4)5/h10-13H,6-9H2,1-5H3. The lowest BCUT2D eigenvalue weighted by atomic mass is 10.3. The Labute approximate surface area is 90.3 Å². The summed E-state index contributed by atoms with van der Waals surface area (Å²) in [5, 5.41) is 0. The van der Waals surface area contributed by atoms with E-state index in [1.54, 1.807) is 0 Å². The van der Waals surface area contributed by atoms with E-state index < -0.39 is 8.56 Å². The highest BCUT2D eigenvalue weighted by atomic mass is 28.4. The molecule has 0 unspecified atom stereocenters. The van der Waals surface area contributed by atoms with Gasteiger partial charge in [0.2, 0.25) is 0 Å². The van der Waals surface area contributed by atoms with Crippen molar-refractivity contribution in [1.82, 2.24) is 14.9 Å². The summed E-state index contributed by atoms with van der Waals surface area (Å²) >= 11 is 0. The lowest BCUT2D eigenvalue weighted by Crippen LogP contribution is -2.72. The van der Waals surface area contributed by atoms with Gasteiger partial charge in [-0.05, 0) is 31.6 Å². The van der Waals surface area contributed by atoms with E-state index in [-0.39, 0.29) is 0 Å². The third-order valence-electron chi connectivity index (χ3n) is 2.15. The van der Waals surface area contributed by atoms with Crippen molar-refractivity contribution in [3.63, 3.8) is 0 Å². The van der Waals surface area contributed by atoms with E-state index >= 15 is 0 Å². The van der Waals surface area contributed by atoms with E-state index in [1.165, 1.54) is 6.04 Å². The van der Waals surface area contributed by atoms with Crippen molar-refractivity contribution in [3.8, 4) is 0 Å². The second-order valence-electron chi connectivity index (χ2n) is 4.09. The van der Waals surface area contributed by atoms with Crippen LogP contribution in [0.4, 0.5) is 0 Å². The molecule has 0 aliphatic heterocycles. The minimum Gasteiger partial charge on any atom is -0.314 e. The second-order valence-corrected chi connectivity index (χ2v) is 7.37. The summed E-state index contributed by atoms with van der Waals surface area (Å²) in [7, 11) is -1.61. The summed E-state index contributed by atoms with van der Waals surface area (Å²) in [6, 6.07) is 1.24. The molecule has 0 saturated carbocycles. The Bertz CT molecular complexity index is 122. The molecule has 0 aromatic carbocycles. The number of hydrogen-bond donors (Lipinski definition) is 3. The third-order valence-corrected chi connectivity index (χ3v) is 6.45. The van der Waals surface area contributed by atoms with Crippen molar-refractivity contribution in [2.24, 2.45) is 5.92 Å². The highest BCUT2D eigenvalue weighted by molar-refractivity contribution is 6.72. The molecule has 0 amide bonds. The van der Waals surface area contributed by atoms with E-state index in [1.807, 2.05) is 0 Å². The second kappa shape index (κ2) is 7.40. The molecule has 0 rings (SSSR count). The van der Waals surface area contributed by atoms with Crippen molar-refractivity contribution < 1.29 is 0 Å². The molecule has 0 aromatic heterocycles. The van der Waals surface area contributed by atoms with Gasteiger partial charge in [-0.1, -0.05) is 34.6 Å². The topological polar surface area (TPSA) is 36.1 Å². The summed E-state index contributed by atoms with van der Waals surface area (Å²) in [5.41, 5.74) is 0. The first-order chi connectivity index (χ1) is 6.60. The molecule has 0 aliphatic rings. The molecule has 0 spiro atoms. The van der Waals surface area contributed by atoms with Crippen LogP contribution in [0.1, 0.15) is 34.6 Å². The first kappa shape index (κ1) is 14.1. The third kappa shape index (κ3) is 5.10. The van der Waals surface area contributed by atoms with Gasteiger partial charge in [0.1, 0.15) is 0 Å². The zero-order valence-corrected chi connectivity index (χ0v) is 11.4. The van der Waals surface area contributed by atoms with Crippen LogP contribution < -0.4 is 14.9 Å². The summed E-state index contributed by atoms with van der Waals surface area (Å²) in [6.45, 7) is 14.2. The van der Waals surface area contributed by atoms with Crippen LogP contribution in [0.2, 0.25) is 6.04 Å². The molecule has 14 heavy (non-hydrogen) atoms. The van der Waals surface area contributed by atoms with E-state index in [9.17, 15) is 0 Å². The maximum absolute atomic E-state index is 3.65. The minimum atomic E-state index is -1.61. The van der Waals surface area contributed by atoms with Crippen molar-refractivity contribution in [2.45, 2.75) is 40.7 Å². The van der Waals surface area contributed by atoms with Crippen LogP contribution in [0.15, 0.2) is 0 Å². The van der Waals surface area contributed by atoms with Gasteiger partial charge in [-0.25, -0.2) is 0 Å². The molecule has 0 radical (unpaired) electrons. The van der Waals surface area contributed by atoms with Gasteiger partial charge in [-0.15, -0.1) is 0 Å². The minimum absolute atomic E-state index is 0.735. The Morgan fingerprint density at radius 3 is 1.43 bits per heavy atom. The molecule has 0 heterocycles. The van der Waals surface area contributed by atoms with Gasteiger partial charge in [0.15, 0.2) is 0 Å². The lowest BCUT2D eigenvalue weighted by Gasteiger charge is -2.34. The molecule has 0 saturated heterocycles. The summed E-state index contributed by atoms with van der Waals surface area (Å²) in [4.78, 5) is 10.9. The summed E-state index contributed by atoms with van der Waals surface area (Å²) < 4.78 is 0. The van der Waals surface area contributed by atoms with Gasteiger partial charge in [0.05, 0.1) is 0 Å². The Balaban J connectivity index is 4.37. The zero-order chi connectivity index (χ0) is 11.0. The Hall–Kier alpha value is 0.0969. The molecule has 0 aliphatic carbocycles. The van der Waals surface area contributed by atoms with Crippen LogP contribution in [-0.4, -0.2) is 28.2 Å². The SMILES string of the molecule is CCN[Si](CC(C)C)(NCC)NCC. The maximum atomic E-state index is 3.65. The van der Waals surface area contributed by atoms with Crippen molar-refractivity contribution in [3.05, 3.63) is 0 Å². The number of hydrogen-bond acceptors (Lipinski definition) is 3. The van der Waals surface area contributed by atoms with Crippen LogP contribution in [0, 0.1) is 5.92 Å². The maximum Gasteiger partial charge on any atom is 0.281 e. The van der Waals surface area contributed by atoms with Gasteiger partial charge in [0.25, 0.3) is 8.56 Å². The Morgan fingerprint density at radius 2 is 1.21 bits per heavy atom. The fourth-order valence-electron chi connectivity index (χ4n) is 1.92. The molecule has 86 valence electrons. The van der Waals surface area contributed by atoms with Crippen LogP contribution in [0.3, 0.4) is 0 Å². The Kier molecular flexibility index (Phi) is 7.45. The average molecular weight is 217 g/mol. The number of nitrogens with one attached hydrogen (secondary N) is 3. The van der Waals surface area contributed by atoms with Gasteiger partial charge in [0, 0.05) is 0 Å². The summed E-state index contributed by atoms with van der Waals surface area (Å²) in [5.74, 6) is 0.735. The molecule has 0 bridgehead atoms. The number of rotatable bonds is 8. The molecule has 0 atom stereocenters. The molecule has 3 nitrogen and oxygen atoms in total. The van der Waals surface area contributed by atoms with E-state index in [0.29, 0.717) is 0 Å². The van der Waals surface area contributed by atoms with Crippen LogP contribution in [0.25, 0.3) is 0 Å². The Morgan fingerprint density at radius 1 is 0.857 bits per heavy atom. The fourth-order valence-corrected chi connectivity index (χ4v) is 5.77. The fraction of sp³-hybridized carbons (Fsp3) is 1.00. The predicted octanol–water partition coefficient (Wildman–Crippen LogP) is 1.41. The quantitative estimate of drug-likeness (QED) is 0.538. The lowest BCUT2D eigenvalue weighted by molar-refractivity contribution is 0.657. The van der Waals surface area contributed by atoms with Gasteiger partial charge in [-0.3, -0.25) is 0 Å². The first-order valence-corrected chi connectivity index (χ1v) is 8.06. The highest BCUT2D eigenvalue weighted by Gasteiger charge is 2.32.